The zero-order valence-corrected chi connectivity index (χ0v) is 8.26. The van der Waals surface area contributed by atoms with Crippen molar-refractivity contribution >= 4 is 5.91 Å². The summed E-state index contributed by atoms with van der Waals surface area (Å²) in [6, 6.07) is 11.3. The van der Waals surface area contributed by atoms with E-state index in [4.69, 9.17) is 5.73 Å². The summed E-state index contributed by atoms with van der Waals surface area (Å²) in [6.07, 6.45) is 3.79. The summed E-state index contributed by atoms with van der Waals surface area (Å²) < 4.78 is 0. The summed E-state index contributed by atoms with van der Waals surface area (Å²) in [5.74, 6) is -0.286. The van der Waals surface area contributed by atoms with E-state index in [-0.39, 0.29) is 5.91 Å². The van der Waals surface area contributed by atoms with Crippen LogP contribution < -0.4 is 5.73 Å². The lowest BCUT2D eigenvalue weighted by Crippen LogP contribution is -2.13. The third-order valence-electron chi connectivity index (χ3n) is 1.63. The number of benzene rings is 1. The smallest absolute Gasteiger partial charge is 0.221 e. The lowest BCUT2D eigenvalue weighted by atomic mass is 10.1. The molecular formula is C11H13N3O. The number of hydrogen-bond donors (Lipinski definition) is 2. The van der Waals surface area contributed by atoms with Crippen LogP contribution in [0.25, 0.3) is 0 Å². The molecule has 2 aromatic rings. The highest BCUT2D eigenvalue weighted by Gasteiger charge is 1.94. The van der Waals surface area contributed by atoms with Gasteiger partial charge in [-0.05, 0) is 11.6 Å². The number of carbonyl (C=O) groups is 1. The molecule has 2 rings (SSSR count). The van der Waals surface area contributed by atoms with Crippen LogP contribution in [0.3, 0.4) is 0 Å². The zero-order valence-electron chi connectivity index (χ0n) is 8.26. The quantitative estimate of drug-likeness (QED) is 0.767. The highest BCUT2D eigenvalue weighted by Crippen LogP contribution is 1.97. The minimum Gasteiger partial charge on any atom is -0.369 e. The van der Waals surface area contributed by atoms with Crippen molar-refractivity contribution in [3.63, 3.8) is 0 Å². The number of H-pyrrole nitrogens is 1. The second-order valence-electron chi connectivity index (χ2n) is 2.90. The van der Waals surface area contributed by atoms with E-state index < -0.39 is 0 Å². The van der Waals surface area contributed by atoms with E-state index >= 15 is 0 Å². The molecule has 0 aliphatic rings. The van der Waals surface area contributed by atoms with Crippen LogP contribution in [0.1, 0.15) is 5.56 Å². The average molecular weight is 203 g/mol. The molecule has 0 spiro atoms. The number of nitrogens with two attached hydrogens (primary N) is 1. The molecule has 1 heterocycles. The number of carbonyl (C=O) groups excluding carboxylic acids is 1. The number of nitrogens with one attached hydrogen (secondary N) is 1. The Hall–Kier alpha value is -2.10. The summed E-state index contributed by atoms with van der Waals surface area (Å²) in [7, 11) is 0. The molecule has 3 N–H and O–H groups in total. The molecule has 0 fully saturated rings. The van der Waals surface area contributed by atoms with Crippen molar-refractivity contribution in [1.29, 1.82) is 0 Å². The third-order valence-corrected chi connectivity index (χ3v) is 1.63. The van der Waals surface area contributed by atoms with Gasteiger partial charge in [0.05, 0.1) is 6.42 Å². The van der Waals surface area contributed by atoms with Gasteiger partial charge >= 0.3 is 0 Å². The van der Waals surface area contributed by atoms with Gasteiger partial charge < -0.3 is 5.73 Å². The van der Waals surface area contributed by atoms with Crippen LogP contribution in [0.5, 0.6) is 0 Å². The van der Waals surface area contributed by atoms with Crippen molar-refractivity contribution in [1.82, 2.24) is 10.2 Å². The molecule has 0 saturated carbocycles. The predicted octanol–water partition coefficient (Wildman–Crippen LogP) is 1.12. The van der Waals surface area contributed by atoms with Crippen LogP contribution in [-0.2, 0) is 11.2 Å². The van der Waals surface area contributed by atoms with E-state index in [1.54, 1.807) is 12.4 Å². The Labute approximate surface area is 88.1 Å². The normalized spacial score (nSPS) is 8.80. The summed E-state index contributed by atoms with van der Waals surface area (Å²) in [5, 5.41) is 6.21. The van der Waals surface area contributed by atoms with Gasteiger partial charge in [0.2, 0.25) is 5.91 Å². The fraction of sp³-hybridized carbons (Fsp3) is 0.0909. The SMILES string of the molecule is NC(=O)Cc1ccccc1.c1cn[nH]c1. The van der Waals surface area contributed by atoms with Crippen molar-refractivity contribution in [3.8, 4) is 0 Å². The maximum absolute atomic E-state index is 10.4. The molecule has 0 aliphatic carbocycles. The molecule has 1 aromatic heterocycles. The Balaban J connectivity index is 0.000000187. The fourth-order valence-electron chi connectivity index (χ4n) is 1.01. The lowest BCUT2D eigenvalue weighted by Gasteiger charge is -1.93. The van der Waals surface area contributed by atoms with Crippen molar-refractivity contribution in [3.05, 3.63) is 54.4 Å². The minimum absolute atomic E-state index is 0.286. The van der Waals surface area contributed by atoms with Crippen LogP contribution in [0.15, 0.2) is 48.8 Å². The minimum atomic E-state index is -0.286. The number of amides is 1. The van der Waals surface area contributed by atoms with Crippen molar-refractivity contribution in [2.75, 3.05) is 0 Å². The summed E-state index contributed by atoms with van der Waals surface area (Å²) >= 11 is 0. The largest absolute Gasteiger partial charge is 0.369 e. The first-order valence-corrected chi connectivity index (χ1v) is 4.55. The maximum Gasteiger partial charge on any atom is 0.221 e. The molecule has 1 amide bonds. The van der Waals surface area contributed by atoms with E-state index in [2.05, 4.69) is 10.2 Å². The highest BCUT2D eigenvalue weighted by atomic mass is 16.1. The summed E-state index contributed by atoms with van der Waals surface area (Å²) in [5.41, 5.74) is 5.95. The standard InChI is InChI=1S/C8H9NO.C3H4N2/c9-8(10)6-7-4-2-1-3-5-7;1-2-4-5-3-1/h1-5H,6H2,(H2,9,10);1-3H,(H,4,5). The first-order valence-electron chi connectivity index (χ1n) is 4.55. The van der Waals surface area contributed by atoms with Gasteiger partial charge in [0, 0.05) is 12.4 Å². The van der Waals surface area contributed by atoms with Gasteiger partial charge in [0.1, 0.15) is 0 Å². The molecule has 0 saturated heterocycles. The van der Waals surface area contributed by atoms with Crippen molar-refractivity contribution in [2.45, 2.75) is 6.42 Å². The molecule has 78 valence electrons. The first kappa shape index (κ1) is 11.0. The van der Waals surface area contributed by atoms with E-state index in [1.807, 2.05) is 36.4 Å². The van der Waals surface area contributed by atoms with E-state index in [0.717, 1.165) is 5.56 Å². The number of aromatic amines is 1. The molecule has 1 aromatic carbocycles. The third kappa shape index (κ3) is 5.25. The molecule has 15 heavy (non-hydrogen) atoms. The Morgan fingerprint density at radius 1 is 1.27 bits per heavy atom. The van der Waals surface area contributed by atoms with Crippen LogP contribution >= 0.6 is 0 Å². The molecule has 0 bridgehead atoms. The molecule has 0 unspecified atom stereocenters. The molecule has 0 aliphatic heterocycles. The highest BCUT2D eigenvalue weighted by molar-refractivity contribution is 5.76. The zero-order chi connectivity index (χ0) is 10.9. The fourth-order valence-corrected chi connectivity index (χ4v) is 1.01. The molecule has 0 atom stereocenters. The monoisotopic (exact) mass is 203 g/mol. The molecular weight excluding hydrogens is 190 g/mol. The Morgan fingerprint density at radius 2 is 2.00 bits per heavy atom. The van der Waals surface area contributed by atoms with Gasteiger partial charge in [0.25, 0.3) is 0 Å². The number of hydrogen-bond acceptors (Lipinski definition) is 2. The van der Waals surface area contributed by atoms with E-state index in [9.17, 15) is 4.79 Å². The van der Waals surface area contributed by atoms with E-state index in [0.29, 0.717) is 6.42 Å². The summed E-state index contributed by atoms with van der Waals surface area (Å²) in [4.78, 5) is 10.4. The number of rotatable bonds is 2. The van der Waals surface area contributed by atoms with Gasteiger partial charge in [-0.15, -0.1) is 0 Å². The van der Waals surface area contributed by atoms with Crippen molar-refractivity contribution in [2.24, 2.45) is 5.73 Å². The summed E-state index contributed by atoms with van der Waals surface area (Å²) in [6.45, 7) is 0. The molecule has 0 radical (unpaired) electrons. The lowest BCUT2D eigenvalue weighted by molar-refractivity contribution is -0.117. The second kappa shape index (κ2) is 6.37. The first-order chi connectivity index (χ1) is 7.29. The number of primary amides is 1. The number of aromatic nitrogens is 2. The van der Waals surface area contributed by atoms with Crippen LogP contribution in [0, 0.1) is 0 Å². The van der Waals surface area contributed by atoms with Crippen LogP contribution in [-0.4, -0.2) is 16.1 Å². The molecule has 4 nitrogen and oxygen atoms in total. The van der Waals surface area contributed by atoms with Gasteiger partial charge in [-0.25, -0.2) is 0 Å². The van der Waals surface area contributed by atoms with Crippen LogP contribution in [0.4, 0.5) is 0 Å². The number of nitrogens with zero attached hydrogens (tertiary/aromatic N) is 1. The Kier molecular flexibility index (Phi) is 4.66. The van der Waals surface area contributed by atoms with Gasteiger partial charge in [0.15, 0.2) is 0 Å². The maximum atomic E-state index is 10.4. The predicted molar refractivity (Wildman–Crippen MR) is 57.9 cm³/mol. The van der Waals surface area contributed by atoms with Gasteiger partial charge in [-0.1, -0.05) is 30.3 Å². The Morgan fingerprint density at radius 3 is 2.40 bits per heavy atom. The average Bonchev–Trinajstić information content (AvgIpc) is 2.76. The van der Waals surface area contributed by atoms with Crippen molar-refractivity contribution < 1.29 is 4.79 Å². The molecule has 4 heteroatoms. The van der Waals surface area contributed by atoms with Crippen LogP contribution in [0.2, 0.25) is 0 Å². The second-order valence-corrected chi connectivity index (χ2v) is 2.90. The topological polar surface area (TPSA) is 71.8 Å². The van der Waals surface area contributed by atoms with E-state index in [1.165, 1.54) is 0 Å². The van der Waals surface area contributed by atoms with Gasteiger partial charge in [-0.3, -0.25) is 9.89 Å². The Bertz CT molecular complexity index is 353. The van der Waals surface area contributed by atoms with Gasteiger partial charge in [-0.2, -0.15) is 5.10 Å².